The zero-order chi connectivity index (χ0) is 17.8. The third-order valence-corrected chi connectivity index (χ3v) is 4.93. The maximum absolute atomic E-state index is 5.00. The van der Waals surface area contributed by atoms with Crippen LogP contribution in [0, 0.1) is 0 Å². The molecule has 0 fully saturated rings. The van der Waals surface area contributed by atoms with E-state index in [0.29, 0.717) is 11.8 Å². The number of rotatable bonds is 4. The van der Waals surface area contributed by atoms with Crippen molar-refractivity contribution in [3.63, 3.8) is 0 Å². The van der Waals surface area contributed by atoms with Crippen LogP contribution in [-0.4, -0.2) is 12.9 Å². The molecule has 0 radical (unpaired) electrons. The average molecular weight is 463 g/mol. The summed E-state index contributed by atoms with van der Waals surface area (Å²) in [5.74, 6) is 2.17. The van der Waals surface area contributed by atoms with Crippen LogP contribution in [0.4, 0.5) is 11.5 Å². The van der Waals surface area contributed by atoms with Gasteiger partial charge in [0.2, 0.25) is 0 Å². The minimum Gasteiger partial charge on any atom is -1.00 e. The Morgan fingerprint density at radius 3 is 2.31 bits per heavy atom. The van der Waals surface area contributed by atoms with Crippen LogP contribution in [0.1, 0.15) is 63.5 Å². The number of aryl methyl sites for hydroxylation is 1. The molecule has 3 rings (SSSR count). The molecule has 0 spiro atoms. The molecule has 1 aromatic heterocycles. The number of halogens is 1. The summed E-state index contributed by atoms with van der Waals surface area (Å²) in [4.78, 5) is 7.30. The lowest BCUT2D eigenvalue weighted by Gasteiger charge is -2.17. The molecule has 26 heavy (non-hydrogen) atoms. The van der Waals surface area contributed by atoms with Crippen LogP contribution in [0.25, 0.3) is 0 Å². The monoisotopic (exact) mass is 463 g/mol. The van der Waals surface area contributed by atoms with Crippen LogP contribution in [0.15, 0.2) is 47.6 Å². The zero-order valence-corrected chi connectivity index (χ0v) is 18.5. The smallest absolute Gasteiger partial charge is 0.282 e. The highest BCUT2D eigenvalue weighted by Crippen LogP contribution is 2.34. The van der Waals surface area contributed by atoms with Gasteiger partial charge in [0.25, 0.3) is 5.82 Å². The molecular weight excluding hydrogens is 433 g/mol. The van der Waals surface area contributed by atoms with Gasteiger partial charge in [0, 0.05) is 6.07 Å². The number of aromatic nitrogens is 1. The predicted molar refractivity (Wildman–Crippen MR) is 106 cm³/mol. The van der Waals surface area contributed by atoms with Crippen molar-refractivity contribution in [2.75, 3.05) is 11.4 Å². The number of para-hydroxylation sites is 1. The van der Waals surface area contributed by atoms with E-state index in [1.54, 1.807) is 0 Å². The summed E-state index contributed by atoms with van der Waals surface area (Å²) in [6.07, 6.45) is 6.62. The molecule has 0 amide bonds. The Hall–Kier alpha value is -1.43. The van der Waals surface area contributed by atoms with Gasteiger partial charge in [-0.15, -0.1) is 0 Å². The van der Waals surface area contributed by atoms with Gasteiger partial charge in [-0.3, -0.25) is 0 Å². The summed E-state index contributed by atoms with van der Waals surface area (Å²) in [6, 6.07) is 13.0. The molecule has 0 atom stereocenters. The van der Waals surface area contributed by atoms with Crippen molar-refractivity contribution < 1.29 is 28.5 Å². The van der Waals surface area contributed by atoms with Crippen LogP contribution in [0.2, 0.25) is 0 Å². The first-order valence-electron chi connectivity index (χ1n) is 9.50. The van der Waals surface area contributed by atoms with Gasteiger partial charge in [-0.05, 0) is 41.9 Å². The number of nitrogens with zero attached hydrogens (tertiary/aromatic N) is 3. The lowest BCUT2D eigenvalue weighted by molar-refractivity contribution is -0.683. The van der Waals surface area contributed by atoms with Crippen molar-refractivity contribution in [2.24, 2.45) is 4.99 Å². The maximum atomic E-state index is 5.00. The number of anilines is 1. The second-order valence-corrected chi connectivity index (χ2v) is 7.49. The number of hydrogen-bond donors (Lipinski definition) is 0. The Morgan fingerprint density at radius 2 is 1.65 bits per heavy atom. The van der Waals surface area contributed by atoms with Crippen molar-refractivity contribution in [1.29, 1.82) is 0 Å². The molecule has 2 aromatic rings. The van der Waals surface area contributed by atoms with Crippen LogP contribution < -0.4 is 33.4 Å². The Bertz CT molecular complexity index is 727. The maximum Gasteiger partial charge on any atom is 0.282 e. The summed E-state index contributed by atoms with van der Waals surface area (Å²) in [6.45, 7) is 11.1. The third-order valence-electron chi connectivity index (χ3n) is 4.93. The van der Waals surface area contributed by atoms with Gasteiger partial charge in [0.15, 0.2) is 6.34 Å². The van der Waals surface area contributed by atoms with E-state index in [1.807, 2.05) is 6.34 Å². The third kappa shape index (κ3) is 4.64. The Kier molecular flexibility index (Phi) is 7.62. The standard InChI is InChI=1S/C22H30N3.HI/c1-17(2)19-10-9-11-20(18(3)4)22(19)23-16-25-15-8-7-14-24-13-6-5-12-21(24)25;/h5-6,9-13,16-18H,7-8,14-15H2,1-4H3;1H/q+1;/p-1. The molecule has 2 heterocycles. The molecule has 0 bridgehead atoms. The average Bonchev–Trinajstić information content (AvgIpc) is 2.81. The number of benzene rings is 1. The molecule has 4 heteroatoms. The molecule has 140 valence electrons. The largest absolute Gasteiger partial charge is 1.00 e. The lowest BCUT2D eigenvalue weighted by atomic mass is 9.93. The van der Waals surface area contributed by atoms with E-state index < -0.39 is 0 Å². The molecular formula is C22H30IN3. The molecule has 0 aliphatic carbocycles. The second kappa shape index (κ2) is 9.49. The molecule has 0 saturated carbocycles. The van der Waals surface area contributed by atoms with Gasteiger partial charge in [-0.25, -0.2) is 14.5 Å². The fourth-order valence-corrected chi connectivity index (χ4v) is 3.50. The van der Waals surface area contributed by atoms with Crippen molar-refractivity contribution >= 4 is 17.8 Å². The van der Waals surface area contributed by atoms with Gasteiger partial charge >= 0.3 is 0 Å². The van der Waals surface area contributed by atoms with Gasteiger partial charge in [0.05, 0.1) is 25.0 Å². The first kappa shape index (κ1) is 20.9. The molecule has 3 nitrogen and oxygen atoms in total. The summed E-state index contributed by atoms with van der Waals surface area (Å²) >= 11 is 0. The Labute approximate surface area is 175 Å². The Balaban J connectivity index is 0.00000243. The fourth-order valence-electron chi connectivity index (χ4n) is 3.50. The topological polar surface area (TPSA) is 19.5 Å². The SMILES string of the molecule is CC(C)c1cccc(C(C)C)c1N=CN1CCCC[n+]2ccccc21.[I-]. The quantitative estimate of drug-likeness (QED) is 0.295. The van der Waals surface area contributed by atoms with Gasteiger partial charge in [-0.1, -0.05) is 52.0 Å². The van der Waals surface area contributed by atoms with Crippen LogP contribution in [0.5, 0.6) is 0 Å². The first-order chi connectivity index (χ1) is 12.1. The zero-order valence-electron chi connectivity index (χ0n) is 16.3. The molecule has 1 aromatic carbocycles. The normalized spacial score (nSPS) is 14.5. The number of fused-ring (bicyclic) bond motifs is 1. The van der Waals surface area contributed by atoms with E-state index in [4.69, 9.17) is 4.99 Å². The molecule has 0 N–H and O–H groups in total. The molecule has 1 aliphatic rings. The lowest BCUT2D eigenvalue weighted by Crippen LogP contribution is -3.00. The molecule has 0 unspecified atom stereocenters. The predicted octanol–water partition coefficient (Wildman–Crippen LogP) is 2.19. The van der Waals surface area contributed by atoms with Gasteiger partial charge < -0.3 is 24.0 Å². The highest BCUT2D eigenvalue weighted by molar-refractivity contribution is 5.79. The first-order valence-corrected chi connectivity index (χ1v) is 9.50. The fraction of sp³-hybridized carbons (Fsp3) is 0.455. The summed E-state index contributed by atoms with van der Waals surface area (Å²) in [5, 5.41) is 0. The summed E-state index contributed by atoms with van der Waals surface area (Å²) in [5.41, 5.74) is 3.82. The molecule has 1 aliphatic heterocycles. The van der Waals surface area contributed by atoms with Gasteiger partial charge in [-0.2, -0.15) is 0 Å². The van der Waals surface area contributed by atoms with Crippen molar-refractivity contribution in [3.8, 4) is 0 Å². The van der Waals surface area contributed by atoms with Crippen LogP contribution in [0.3, 0.4) is 0 Å². The van der Waals surface area contributed by atoms with Crippen molar-refractivity contribution in [1.82, 2.24) is 0 Å². The number of aliphatic imine (C=N–C) groups is 1. The van der Waals surface area contributed by atoms with Crippen molar-refractivity contribution in [3.05, 3.63) is 53.7 Å². The van der Waals surface area contributed by atoms with E-state index in [1.165, 1.54) is 29.8 Å². The minimum atomic E-state index is 0. The van der Waals surface area contributed by atoms with E-state index in [0.717, 1.165) is 18.8 Å². The highest BCUT2D eigenvalue weighted by atomic mass is 127. The molecule has 0 saturated heterocycles. The summed E-state index contributed by atoms with van der Waals surface area (Å²) in [7, 11) is 0. The van der Waals surface area contributed by atoms with Gasteiger partial charge in [0.1, 0.15) is 0 Å². The second-order valence-electron chi connectivity index (χ2n) is 7.49. The van der Waals surface area contributed by atoms with E-state index in [-0.39, 0.29) is 24.0 Å². The number of hydrogen-bond acceptors (Lipinski definition) is 1. The van der Waals surface area contributed by atoms with Crippen LogP contribution in [-0.2, 0) is 6.54 Å². The van der Waals surface area contributed by atoms with E-state index in [9.17, 15) is 0 Å². The Morgan fingerprint density at radius 1 is 0.962 bits per heavy atom. The summed E-state index contributed by atoms with van der Waals surface area (Å²) < 4.78 is 2.33. The number of pyridine rings is 1. The minimum absolute atomic E-state index is 0. The highest BCUT2D eigenvalue weighted by Gasteiger charge is 2.21. The van der Waals surface area contributed by atoms with E-state index >= 15 is 0 Å². The van der Waals surface area contributed by atoms with Crippen LogP contribution >= 0.6 is 0 Å². The van der Waals surface area contributed by atoms with E-state index in [2.05, 4.69) is 79.8 Å². The van der Waals surface area contributed by atoms with Crippen molar-refractivity contribution in [2.45, 2.75) is 58.9 Å².